The molecule has 2 N–H and O–H groups in total. The molecule has 0 aliphatic heterocycles. The number of nitrogens with one attached hydrogen (secondary N) is 2. The minimum Gasteiger partial charge on any atom is -0.324 e. The highest BCUT2D eigenvalue weighted by molar-refractivity contribution is 6.33. The Morgan fingerprint density at radius 1 is 1.13 bits per heavy atom. The summed E-state index contributed by atoms with van der Waals surface area (Å²) in [6, 6.07) is 15.9. The first kappa shape index (κ1) is 17.5. The third-order valence-electron chi connectivity index (χ3n) is 3.71. The van der Waals surface area contributed by atoms with E-state index in [4.69, 9.17) is 11.6 Å². The van der Waals surface area contributed by atoms with Crippen molar-refractivity contribution in [2.45, 2.75) is 26.8 Å². The minimum atomic E-state index is -0.0997. The normalized spacial score (nSPS) is 12.2. The van der Waals surface area contributed by atoms with E-state index < -0.39 is 0 Å². The molecule has 23 heavy (non-hydrogen) atoms. The number of hydrogen-bond donors (Lipinski definition) is 2. The maximum Gasteiger partial charge on any atom is 0.238 e. The lowest BCUT2D eigenvalue weighted by Crippen LogP contribution is -2.33. The Hall–Kier alpha value is -1.84. The fraction of sp³-hybridized carbons (Fsp3) is 0.316. The fourth-order valence-corrected chi connectivity index (χ4v) is 2.80. The lowest BCUT2D eigenvalue weighted by Gasteiger charge is -2.22. The summed E-state index contributed by atoms with van der Waals surface area (Å²) in [5.41, 5.74) is 2.89. The summed E-state index contributed by atoms with van der Waals surface area (Å²) in [4.78, 5) is 12.2. The SMILES string of the molecule is Cc1ccc(NC(=O)CN[C@@H](c2ccccc2)C(C)C)c(Cl)c1. The van der Waals surface area contributed by atoms with E-state index in [1.807, 2.05) is 43.3 Å². The molecule has 3 nitrogen and oxygen atoms in total. The molecular formula is C19H23ClN2O. The monoisotopic (exact) mass is 330 g/mol. The van der Waals surface area contributed by atoms with E-state index in [2.05, 4.69) is 36.6 Å². The van der Waals surface area contributed by atoms with Gasteiger partial charge in [0.25, 0.3) is 0 Å². The lowest BCUT2D eigenvalue weighted by atomic mass is 9.96. The summed E-state index contributed by atoms with van der Waals surface area (Å²) in [7, 11) is 0. The van der Waals surface area contributed by atoms with Crippen molar-refractivity contribution in [2.24, 2.45) is 5.92 Å². The summed E-state index contributed by atoms with van der Waals surface area (Å²) in [6.45, 7) is 6.48. The average Bonchev–Trinajstić information content (AvgIpc) is 2.51. The number of amides is 1. The molecule has 0 heterocycles. The van der Waals surface area contributed by atoms with Crippen LogP contribution >= 0.6 is 11.6 Å². The van der Waals surface area contributed by atoms with Crippen LogP contribution in [0.1, 0.15) is 31.0 Å². The molecule has 1 atom stereocenters. The quantitative estimate of drug-likeness (QED) is 0.814. The predicted molar refractivity (Wildman–Crippen MR) is 96.8 cm³/mol. The Morgan fingerprint density at radius 3 is 2.43 bits per heavy atom. The summed E-state index contributed by atoms with van der Waals surface area (Å²) in [5, 5.41) is 6.74. The second-order valence-corrected chi connectivity index (χ2v) is 6.45. The topological polar surface area (TPSA) is 41.1 Å². The summed E-state index contributed by atoms with van der Waals surface area (Å²) >= 11 is 6.15. The first-order chi connectivity index (χ1) is 11.0. The first-order valence-corrected chi connectivity index (χ1v) is 8.19. The van der Waals surface area contributed by atoms with E-state index in [1.54, 1.807) is 0 Å². The number of aryl methyl sites for hydroxylation is 1. The molecule has 0 unspecified atom stereocenters. The Morgan fingerprint density at radius 2 is 1.83 bits per heavy atom. The molecule has 0 aliphatic carbocycles. The van der Waals surface area contributed by atoms with Gasteiger partial charge in [0.2, 0.25) is 5.91 Å². The van der Waals surface area contributed by atoms with Crippen LogP contribution in [-0.2, 0) is 4.79 Å². The van der Waals surface area contributed by atoms with Crippen LogP contribution in [0.5, 0.6) is 0 Å². The van der Waals surface area contributed by atoms with E-state index >= 15 is 0 Å². The zero-order chi connectivity index (χ0) is 16.8. The largest absolute Gasteiger partial charge is 0.324 e. The number of benzene rings is 2. The van der Waals surface area contributed by atoms with Crippen molar-refractivity contribution < 1.29 is 4.79 Å². The number of carbonyl (C=O) groups is 1. The highest BCUT2D eigenvalue weighted by Gasteiger charge is 2.16. The van der Waals surface area contributed by atoms with Crippen molar-refractivity contribution in [2.75, 3.05) is 11.9 Å². The van der Waals surface area contributed by atoms with E-state index in [9.17, 15) is 4.79 Å². The predicted octanol–water partition coefficient (Wildman–Crippen LogP) is 4.57. The molecule has 0 bridgehead atoms. The van der Waals surface area contributed by atoms with Crippen LogP contribution in [0.4, 0.5) is 5.69 Å². The second-order valence-electron chi connectivity index (χ2n) is 6.04. The molecule has 1 amide bonds. The molecule has 0 spiro atoms. The molecule has 0 aromatic heterocycles. The molecule has 122 valence electrons. The minimum absolute atomic E-state index is 0.0997. The van der Waals surface area contributed by atoms with Crippen molar-refractivity contribution in [1.29, 1.82) is 0 Å². The van der Waals surface area contributed by atoms with Crippen molar-refractivity contribution >= 4 is 23.2 Å². The maximum absolute atomic E-state index is 12.2. The average molecular weight is 331 g/mol. The standard InChI is InChI=1S/C19H23ClN2O/c1-13(2)19(15-7-5-4-6-8-15)21-12-18(23)22-17-10-9-14(3)11-16(17)20/h4-11,13,19,21H,12H2,1-3H3,(H,22,23)/t19-/m1/s1. The molecule has 0 fully saturated rings. The third kappa shape index (κ3) is 5.08. The van der Waals surface area contributed by atoms with Crippen LogP contribution in [0.2, 0.25) is 5.02 Å². The van der Waals surface area contributed by atoms with Gasteiger partial charge in [-0.15, -0.1) is 0 Å². The molecule has 2 rings (SSSR count). The number of anilines is 1. The molecule has 0 saturated heterocycles. The van der Waals surface area contributed by atoms with E-state index in [0.29, 0.717) is 16.6 Å². The van der Waals surface area contributed by atoms with Gasteiger partial charge in [0, 0.05) is 6.04 Å². The van der Waals surface area contributed by atoms with Crippen LogP contribution in [0.15, 0.2) is 48.5 Å². The molecule has 0 saturated carbocycles. The number of halogens is 1. The van der Waals surface area contributed by atoms with Crippen LogP contribution in [0.3, 0.4) is 0 Å². The van der Waals surface area contributed by atoms with Crippen molar-refractivity contribution in [3.63, 3.8) is 0 Å². The van der Waals surface area contributed by atoms with Crippen molar-refractivity contribution in [3.05, 3.63) is 64.7 Å². The van der Waals surface area contributed by atoms with Gasteiger partial charge in [-0.1, -0.05) is 61.8 Å². The van der Waals surface area contributed by atoms with Gasteiger partial charge in [0.05, 0.1) is 17.3 Å². The van der Waals surface area contributed by atoms with Gasteiger partial charge in [-0.25, -0.2) is 0 Å². The molecule has 0 aliphatic rings. The van der Waals surface area contributed by atoms with Gasteiger partial charge in [-0.2, -0.15) is 0 Å². The van der Waals surface area contributed by atoms with Crippen LogP contribution < -0.4 is 10.6 Å². The van der Waals surface area contributed by atoms with Crippen LogP contribution in [0, 0.1) is 12.8 Å². The third-order valence-corrected chi connectivity index (χ3v) is 4.02. The highest BCUT2D eigenvalue weighted by atomic mass is 35.5. The highest BCUT2D eigenvalue weighted by Crippen LogP contribution is 2.23. The van der Waals surface area contributed by atoms with E-state index in [1.165, 1.54) is 5.56 Å². The lowest BCUT2D eigenvalue weighted by molar-refractivity contribution is -0.115. The van der Waals surface area contributed by atoms with Gasteiger partial charge >= 0.3 is 0 Å². The molecular weight excluding hydrogens is 308 g/mol. The zero-order valence-corrected chi connectivity index (χ0v) is 14.5. The van der Waals surface area contributed by atoms with Crippen LogP contribution in [0.25, 0.3) is 0 Å². The second kappa shape index (κ2) is 8.14. The molecule has 2 aromatic rings. The molecule has 4 heteroatoms. The van der Waals surface area contributed by atoms with E-state index in [0.717, 1.165) is 5.56 Å². The smallest absolute Gasteiger partial charge is 0.238 e. The Labute approximate surface area is 143 Å². The Balaban J connectivity index is 1.97. The summed E-state index contributed by atoms with van der Waals surface area (Å²) in [5.74, 6) is 0.283. The Bertz CT molecular complexity index is 656. The van der Waals surface area contributed by atoms with Crippen molar-refractivity contribution in [3.8, 4) is 0 Å². The van der Waals surface area contributed by atoms with Crippen LogP contribution in [-0.4, -0.2) is 12.5 Å². The zero-order valence-electron chi connectivity index (χ0n) is 13.8. The Kier molecular flexibility index (Phi) is 6.20. The molecule has 2 aromatic carbocycles. The van der Waals surface area contributed by atoms with Crippen molar-refractivity contribution in [1.82, 2.24) is 5.32 Å². The maximum atomic E-state index is 12.2. The summed E-state index contributed by atoms with van der Waals surface area (Å²) in [6.07, 6.45) is 0. The summed E-state index contributed by atoms with van der Waals surface area (Å²) < 4.78 is 0. The van der Waals surface area contributed by atoms with Gasteiger partial charge in [-0.05, 0) is 36.1 Å². The number of rotatable bonds is 6. The van der Waals surface area contributed by atoms with Gasteiger partial charge < -0.3 is 10.6 Å². The van der Waals surface area contributed by atoms with Gasteiger partial charge in [0.15, 0.2) is 0 Å². The van der Waals surface area contributed by atoms with Gasteiger partial charge in [-0.3, -0.25) is 4.79 Å². The number of carbonyl (C=O) groups excluding carboxylic acids is 1. The molecule has 0 radical (unpaired) electrons. The van der Waals surface area contributed by atoms with E-state index in [-0.39, 0.29) is 18.5 Å². The number of hydrogen-bond acceptors (Lipinski definition) is 2. The first-order valence-electron chi connectivity index (χ1n) is 7.81. The fourth-order valence-electron chi connectivity index (χ4n) is 2.52. The van der Waals surface area contributed by atoms with Gasteiger partial charge in [0.1, 0.15) is 0 Å².